The lowest BCUT2D eigenvalue weighted by molar-refractivity contribution is 0.0830. The summed E-state index contributed by atoms with van der Waals surface area (Å²) in [5, 5.41) is 0. The van der Waals surface area contributed by atoms with Crippen molar-refractivity contribution in [3.05, 3.63) is 24.0 Å². The fraction of sp³-hybridized carbons (Fsp3) is 0.364. The van der Waals surface area contributed by atoms with Crippen LogP contribution in [0.1, 0.15) is 5.82 Å². The number of aromatic nitrogens is 2. The number of sulfone groups is 1. The molecule has 0 fully saturated rings. The van der Waals surface area contributed by atoms with E-state index in [2.05, 4.69) is 9.55 Å². The minimum Gasteiger partial charge on any atom is -0.372 e. The van der Waals surface area contributed by atoms with E-state index in [-0.39, 0.29) is 0 Å². The molecule has 5 nitrogen and oxygen atoms in total. The molecule has 17 heavy (non-hydrogen) atoms. The first kappa shape index (κ1) is 10.7. The predicted molar refractivity (Wildman–Crippen MR) is 62.5 cm³/mol. The van der Waals surface area contributed by atoms with Crippen LogP contribution in [0.15, 0.2) is 23.1 Å². The highest BCUT2D eigenvalue weighted by molar-refractivity contribution is 7.90. The molecule has 90 valence electrons. The van der Waals surface area contributed by atoms with E-state index < -0.39 is 9.84 Å². The molecule has 0 bridgehead atoms. The Labute approximate surface area is 98.9 Å². The van der Waals surface area contributed by atoms with Crippen LogP contribution in [0.4, 0.5) is 0 Å². The summed E-state index contributed by atoms with van der Waals surface area (Å²) >= 11 is 0. The van der Waals surface area contributed by atoms with E-state index in [0.717, 1.165) is 17.9 Å². The lowest BCUT2D eigenvalue weighted by Crippen LogP contribution is -2.16. The van der Waals surface area contributed by atoms with Crippen LogP contribution in [0.2, 0.25) is 0 Å². The van der Waals surface area contributed by atoms with Crippen LogP contribution in [0, 0.1) is 0 Å². The van der Waals surface area contributed by atoms with Crippen molar-refractivity contribution in [2.75, 3.05) is 12.9 Å². The molecule has 1 aliphatic rings. The molecule has 6 heteroatoms. The molecule has 0 aliphatic carbocycles. The van der Waals surface area contributed by atoms with Crippen LogP contribution in [-0.2, 0) is 27.7 Å². The van der Waals surface area contributed by atoms with Gasteiger partial charge in [-0.2, -0.15) is 0 Å². The lowest BCUT2D eigenvalue weighted by Gasteiger charge is -2.14. The lowest BCUT2D eigenvalue weighted by atomic mass is 10.3. The van der Waals surface area contributed by atoms with Crippen LogP contribution in [0.25, 0.3) is 11.0 Å². The van der Waals surface area contributed by atoms with Gasteiger partial charge in [-0.15, -0.1) is 0 Å². The average Bonchev–Trinajstić information content (AvgIpc) is 2.65. The first-order valence-corrected chi connectivity index (χ1v) is 7.22. The quantitative estimate of drug-likeness (QED) is 0.758. The van der Waals surface area contributed by atoms with Gasteiger partial charge in [-0.3, -0.25) is 0 Å². The van der Waals surface area contributed by atoms with E-state index in [1.54, 1.807) is 12.1 Å². The summed E-state index contributed by atoms with van der Waals surface area (Å²) in [7, 11) is -3.18. The Morgan fingerprint density at radius 1 is 1.41 bits per heavy atom. The highest BCUT2D eigenvalue weighted by atomic mass is 32.2. The van der Waals surface area contributed by atoms with Gasteiger partial charge in [0.1, 0.15) is 12.4 Å². The molecule has 2 aromatic rings. The van der Waals surface area contributed by atoms with Crippen LogP contribution in [0.3, 0.4) is 0 Å². The first-order valence-electron chi connectivity index (χ1n) is 5.33. The molecule has 1 aromatic heterocycles. The SMILES string of the molecule is CS(=O)(=O)c1ccc2c(c1)nc1n2CCOC1. The van der Waals surface area contributed by atoms with Crippen LogP contribution in [-0.4, -0.2) is 30.8 Å². The van der Waals surface area contributed by atoms with Crippen molar-refractivity contribution in [1.29, 1.82) is 0 Å². The van der Waals surface area contributed by atoms with Gasteiger partial charge in [-0.05, 0) is 18.2 Å². The summed E-state index contributed by atoms with van der Waals surface area (Å²) < 4.78 is 30.3. The number of fused-ring (bicyclic) bond motifs is 3. The number of hydrogen-bond acceptors (Lipinski definition) is 4. The molecule has 2 heterocycles. The van der Waals surface area contributed by atoms with Gasteiger partial charge in [-0.1, -0.05) is 0 Å². The Hall–Kier alpha value is -1.40. The third-order valence-electron chi connectivity index (χ3n) is 2.92. The highest BCUT2D eigenvalue weighted by Gasteiger charge is 2.16. The molecule has 0 radical (unpaired) electrons. The molecule has 0 amide bonds. The van der Waals surface area contributed by atoms with E-state index in [0.29, 0.717) is 23.6 Å². The van der Waals surface area contributed by atoms with Crippen molar-refractivity contribution in [2.45, 2.75) is 18.0 Å². The van der Waals surface area contributed by atoms with Gasteiger partial charge in [-0.25, -0.2) is 13.4 Å². The number of imidazole rings is 1. The van der Waals surface area contributed by atoms with Gasteiger partial charge in [0, 0.05) is 12.8 Å². The summed E-state index contributed by atoms with van der Waals surface area (Å²) in [4.78, 5) is 4.71. The van der Waals surface area contributed by atoms with Gasteiger partial charge >= 0.3 is 0 Å². The number of rotatable bonds is 1. The second kappa shape index (κ2) is 3.54. The van der Waals surface area contributed by atoms with E-state index in [1.165, 1.54) is 6.26 Å². The average molecular weight is 252 g/mol. The fourth-order valence-electron chi connectivity index (χ4n) is 2.07. The van der Waals surface area contributed by atoms with Gasteiger partial charge in [0.25, 0.3) is 0 Å². The third-order valence-corrected chi connectivity index (χ3v) is 4.03. The molecule has 0 atom stereocenters. The minimum absolute atomic E-state index is 0.307. The molecule has 0 saturated heterocycles. The standard InChI is InChI=1S/C11H12N2O3S/c1-17(14,15)8-2-3-10-9(6-8)12-11-7-16-5-4-13(10)11/h2-3,6H,4-5,7H2,1H3. The fourth-order valence-corrected chi connectivity index (χ4v) is 2.71. The largest absolute Gasteiger partial charge is 0.372 e. The van der Waals surface area contributed by atoms with Crippen molar-refractivity contribution in [3.8, 4) is 0 Å². The number of nitrogens with zero attached hydrogens (tertiary/aromatic N) is 2. The summed E-state index contributed by atoms with van der Waals surface area (Å²) in [6, 6.07) is 5.06. The monoisotopic (exact) mass is 252 g/mol. The molecule has 0 N–H and O–H groups in total. The van der Waals surface area contributed by atoms with Gasteiger partial charge < -0.3 is 9.30 Å². The summed E-state index contributed by atoms with van der Waals surface area (Å²) in [5.41, 5.74) is 1.68. The Bertz CT molecular complexity index is 688. The molecular formula is C11H12N2O3S. The zero-order valence-corrected chi connectivity index (χ0v) is 10.2. The molecule has 0 spiro atoms. The zero-order chi connectivity index (χ0) is 12.0. The Morgan fingerprint density at radius 3 is 3.00 bits per heavy atom. The van der Waals surface area contributed by atoms with Crippen molar-refractivity contribution in [2.24, 2.45) is 0 Å². The maximum Gasteiger partial charge on any atom is 0.175 e. The van der Waals surface area contributed by atoms with Crippen molar-refractivity contribution in [1.82, 2.24) is 9.55 Å². The molecule has 3 rings (SSSR count). The van der Waals surface area contributed by atoms with E-state index in [9.17, 15) is 8.42 Å². The number of ether oxygens (including phenoxy) is 1. The minimum atomic E-state index is -3.18. The summed E-state index contributed by atoms with van der Waals surface area (Å²) in [6.45, 7) is 1.93. The van der Waals surface area contributed by atoms with Crippen LogP contribution < -0.4 is 0 Å². The van der Waals surface area contributed by atoms with Gasteiger partial charge in [0.15, 0.2) is 9.84 Å². The second-order valence-corrected chi connectivity index (χ2v) is 6.17. The Balaban J connectivity index is 2.25. The Kier molecular flexibility index (Phi) is 2.24. The highest BCUT2D eigenvalue weighted by Crippen LogP contribution is 2.22. The maximum atomic E-state index is 11.5. The zero-order valence-electron chi connectivity index (χ0n) is 9.38. The predicted octanol–water partition coefficient (Wildman–Crippen LogP) is 0.970. The summed E-state index contributed by atoms with van der Waals surface area (Å²) in [6.07, 6.45) is 1.20. The third kappa shape index (κ3) is 1.73. The Morgan fingerprint density at radius 2 is 2.24 bits per heavy atom. The number of hydrogen-bond donors (Lipinski definition) is 0. The van der Waals surface area contributed by atoms with Crippen molar-refractivity contribution >= 4 is 20.9 Å². The van der Waals surface area contributed by atoms with Crippen LogP contribution >= 0.6 is 0 Å². The van der Waals surface area contributed by atoms with E-state index in [4.69, 9.17) is 4.74 Å². The maximum absolute atomic E-state index is 11.5. The molecule has 1 aliphatic heterocycles. The molecule has 0 unspecified atom stereocenters. The first-order chi connectivity index (χ1) is 8.05. The molecule has 1 aromatic carbocycles. The molecular weight excluding hydrogens is 240 g/mol. The van der Waals surface area contributed by atoms with Crippen molar-refractivity contribution < 1.29 is 13.2 Å². The molecule has 0 saturated carbocycles. The topological polar surface area (TPSA) is 61.2 Å². The number of benzene rings is 1. The van der Waals surface area contributed by atoms with Crippen LogP contribution in [0.5, 0.6) is 0 Å². The van der Waals surface area contributed by atoms with Crippen molar-refractivity contribution in [3.63, 3.8) is 0 Å². The van der Waals surface area contributed by atoms with E-state index in [1.807, 2.05) is 6.07 Å². The van der Waals surface area contributed by atoms with Gasteiger partial charge in [0.05, 0.1) is 22.5 Å². The summed E-state index contributed by atoms with van der Waals surface area (Å²) in [5.74, 6) is 0.858. The smallest absolute Gasteiger partial charge is 0.175 e. The van der Waals surface area contributed by atoms with Gasteiger partial charge in [0.2, 0.25) is 0 Å². The normalized spacial score (nSPS) is 16.1. The second-order valence-electron chi connectivity index (χ2n) is 4.15. The van der Waals surface area contributed by atoms with E-state index >= 15 is 0 Å².